The van der Waals surface area contributed by atoms with Crippen molar-refractivity contribution in [3.63, 3.8) is 0 Å². The van der Waals surface area contributed by atoms with Gasteiger partial charge < -0.3 is 19.4 Å². The average molecular weight is 259 g/mol. The fourth-order valence-electron chi connectivity index (χ4n) is 1.35. The van der Waals surface area contributed by atoms with E-state index in [2.05, 4.69) is 9.72 Å². The third-order valence-electron chi connectivity index (χ3n) is 2.08. The molecule has 2 rings (SSSR count). The quantitative estimate of drug-likeness (QED) is 0.865. The van der Waals surface area contributed by atoms with Gasteiger partial charge in [-0.2, -0.15) is 8.78 Å². The predicted molar refractivity (Wildman–Crippen MR) is 53.2 cm³/mol. The number of alkyl halides is 2. The number of aromatic nitrogens is 1. The second-order valence-corrected chi connectivity index (χ2v) is 3.28. The van der Waals surface area contributed by atoms with E-state index < -0.39 is 24.6 Å². The molecule has 0 saturated carbocycles. The van der Waals surface area contributed by atoms with Crippen molar-refractivity contribution in [3.05, 3.63) is 24.1 Å². The van der Waals surface area contributed by atoms with Crippen LogP contribution in [0.2, 0.25) is 0 Å². The van der Waals surface area contributed by atoms with E-state index in [9.17, 15) is 18.7 Å². The summed E-state index contributed by atoms with van der Waals surface area (Å²) in [6.45, 7) is -3.05. The highest BCUT2D eigenvalue weighted by Gasteiger charge is 2.24. The zero-order valence-corrected chi connectivity index (χ0v) is 8.71. The van der Waals surface area contributed by atoms with Crippen LogP contribution in [0.1, 0.15) is 12.0 Å². The van der Waals surface area contributed by atoms with E-state index in [-0.39, 0.29) is 16.8 Å². The van der Waals surface area contributed by atoms with Gasteiger partial charge in [0.15, 0.2) is 11.3 Å². The van der Waals surface area contributed by atoms with Gasteiger partial charge in [-0.05, 0) is 12.1 Å². The molecule has 0 radical (unpaired) electrons. The summed E-state index contributed by atoms with van der Waals surface area (Å²) < 4.78 is 33.3. The molecule has 0 aliphatic heterocycles. The molecule has 18 heavy (non-hydrogen) atoms. The monoisotopic (exact) mass is 259 g/mol. The summed E-state index contributed by atoms with van der Waals surface area (Å²) in [5.74, 6) is -2.33. The molecule has 1 atom stereocenters. The van der Waals surface area contributed by atoms with E-state index >= 15 is 0 Å². The Hall–Kier alpha value is -2.22. The molecule has 2 aromatic rings. The average Bonchev–Trinajstić information content (AvgIpc) is 2.72. The van der Waals surface area contributed by atoms with Crippen LogP contribution in [-0.2, 0) is 4.79 Å². The zero-order valence-electron chi connectivity index (χ0n) is 8.71. The highest BCUT2D eigenvalue weighted by Crippen LogP contribution is 2.29. The number of halogens is 2. The summed E-state index contributed by atoms with van der Waals surface area (Å²) >= 11 is 0. The van der Waals surface area contributed by atoms with Crippen LogP contribution in [-0.4, -0.2) is 27.8 Å². The molecule has 1 aromatic heterocycles. The fraction of sp³-hybridized carbons (Fsp3) is 0.200. The Balaban J connectivity index is 2.47. The third-order valence-corrected chi connectivity index (χ3v) is 2.08. The van der Waals surface area contributed by atoms with E-state index in [1.54, 1.807) is 0 Å². The largest absolute Gasteiger partial charge is 0.479 e. The minimum atomic E-state index is -3.05. The molecule has 0 fully saturated rings. The summed E-state index contributed by atoms with van der Waals surface area (Å²) in [4.78, 5) is 14.2. The molecule has 96 valence electrons. The lowest BCUT2D eigenvalue weighted by Gasteiger charge is -2.03. The lowest BCUT2D eigenvalue weighted by atomic mass is 10.3. The number of carbonyl (C=O) groups is 1. The van der Waals surface area contributed by atoms with Gasteiger partial charge in [0.2, 0.25) is 12.0 Å². The number of rotatable bonds is 4. The van der Waals surface area contributed by atoms with Crippen molar-refractivity contribution >= 4 is 17.1 Å². The Morgan fingerprint density at radius 2 is 2.17 bits per heavy atom. The number of carboxylic acid groups (broad SMARTS) is 1. The summed E-state index contributed by atoms with van der Waals surface area (Å²) in [6.07, 6.45) is -1.96. The van der Waals surface area contributed by atoms with Gasteiger partial charge in [0.1, 0.15) is 5.52 Å². The number of ether oxygens (including phenoxy) is 1. The number of para-hydroxylation sites is 1. The number of hydrogen-bond acceptors (Lipinski definition) is 5. The molecule has 0 aliphatic rings. The molecule has 0 bridgehead atoms. The zero-order chi connectivity index (χ0) is 13.3. The van der Waals surface area contributed by atoms with Crippen LogP contribution in [0.25, 0.3) is 11.1 Å². The Labute approximate surface area is 98.4 Å². The number of oxazole rings is 1. The van der Waals surface area contributed by atoms with Crippen LogP contribution in [0.4, 0.5) is 8.78 Å². The van der Waals surface area contributed by atoms with Crippen molar-refractivity contribution in [2.45, 2.75) is 12.7 Å². The van der Waals surface area contributed by atoms with Crippen LogP contribution in [0.5, 0.6) is 5.75 Å². The Morgan fingerprint density at radius 3 is 2.78 bits per heavy atom. The van der Waals surface area contributed by atoms with Crippen LogP contribution < -0.4 is 4.74 Å². The minimum Gasteiger partial charge on any atom is -0.479 e. The number of aliphatic hydroxyl groups is 1. The van der Waals surface area contributed by atoms with Gasteiger partial charge in [-0.1, -0.05) is 6.07 Å². The van der Waals surface area contributed by atoms with E-state index in [1.807, 2.05) is 0 Å². The lowest BCUT2D eigenvalue weighted by Crippen LogP contribution is -2.10. The van der Waals surface area contributed by atoms with Crippen molar-refractivity contribution in [2.24, 2.45) is 0 Å². The fourth-order valence-corrected chi connectivity index (χ4v) is 1.35. The molecule has 0 amide bonds. The first-order valence-corrected chi connectivity index (χ1v) is 4.74. The number of aliphatic carboxylic acids is 1. The van der Waals surface area contributed by atoms with Crippen molar-refractivity contribution < 1.29 is 32.9 Å². The maximum atomic E-state index is 12.1. The molecule has 0 aliphatic carbocycles. The van der Waals surface area contributed by atoms with Crippen molar-refractivity contribution in [2.75, 3.05) is 0 Å². The standard InChI is InChI=1S/C10H7F2NO5/c11-10(12)17-5-3-1-2-4-7(5)18-8(13-4)6(14)9(15)16/h1-3,6,10,14H,(H,15,16). The number of nitrogens with zero attached hydrogens (tertiary/aromatic N) is 1. The third kappa shape index (κ3) is 2.23. The van der Waals surface area contributed by atoms with E-state index in [4.69, 9.17) is 9.52 Å². The SMILES string of the molecule is O=C(O)C(O)c1nc2cccc(OC(F)F)c2o1. The van der Waals surface area contributed by atoms with Gasteiger partial charge in [0.05, 0.1) is 0 Å². The minimum absolute atomic E-state index is 0.114. The van der Waals surface area contributed by atoms with E-state index in [1.165, 1.54) is 18.2 Å². The van der Waals surface area contributed by atoms with Crippen LogP contribution in [0.15, 0.2) is 22.6 Å². The van der Waals surface area contributed by atoms with Crippen molar-refractivity contribution in [1.29, 1.82) is 0 Å². The molecule has 1 aromatic carbocycles. The van der Waals surface area contributed by atoms with Gasteiger partial charge in [-0.3, -0.25) is 0 Å². The molecule has 6 nitrogen and oxygen atoms in total. The highest BCUT2D eigenvalue weighted by molar-refractivity contribution is 5.81. The summed E-state index contributed by atoms with van der Waals surface area (Å²) in [5, 5.41) is 17.8. The van der Waals surface area contributed by atoms with Gasteiger partial charge in [-0.25, -0.2) is 9.78 Å². The first-order chi connectivity index (χ1) is 8.49. The second-order valence-electron chi connectivity index (χ2n) is 3.28. The van der Waals surface area contributed by atoms with Crippen LogP contribution in [0, 0.1) is 0 Å². The first kappa shape index (κ1) is 12.2. The number of carboxylic acids is 1. The molecular weight excluding hydrogens is 252 g/mol. The first-order valence-electron chi connectivity index (χ1n) is 4.74. The smallest absolute Gasteiger partial charge is 0.387 e. The van der Waals surface area contributed by atoms with Gasteiger partial charge in [-0.15, -0.1) is 0 Å². The summed E-state index contributed by atoms with van der Waals surface area (Å²) in [7, 11) is 0. The second kappa shape index (κ2) is 4.57. The molecule has 1 unspecified atom stereocenters. The molecule has 0 saturated heterocycles. The molecule has 0 spiro atoms. The predicted octanol–water partition coefficient (Wildman–Crippen LogP) is 1.55. The Bertz CT molecular complexity index is 583. The number of fused-ring (bicyclic) bond motifs is 1. The van der Waals surface area contributed by atoms with Gasteiger partial charge >= 0.3 is 12.6 Å². The maximum Gasteiger partial charge on any atom is 0.387 e. The topological polar surface area (TPSA) is 92.8 Å². The number of hydrogen-bond donors (Lipinski definition) is 2. The van der Waals surface area contributed by atoms with E-state index in [0.29, 0.717) is 0 Å². The lowest BCUT2D eigenvalue weighted by molar-refractivity contribution is -0.148. The van der Waals surface area contributed by atoms with E-state index in [0.717, 1.165) is 0 Å². The number of aliphatic hydroxyl groups excluding tert-OH is 1. The summed E-state index contributed by atoms with van der Waals surface area (Å²) in [5.41, 5.74) is -0.0310. The molecule has 8 heteroatoms. The van der Waals surface area contributed by atoms with Crippen molar-refractivity contribution in [3.8, 4) is 5.75 Å². The number of benzene rings is 1. The van der Waals surface area contributed by atoms with Gasteiger partial charge in [0.25, 0.3) is 0 Å². The Kier molecular flexibility index (Phi) is 3.11. The Morgan fingerprint density at radius 1 is 1.44 bits per heavy atom. The normalized spacial score (nSPS) is 12.9. The molecule has 1 heterocycles. The van der Waals surface area contributed by atoms with Crippen LogP contribution in [0.3, 0.4) is 0 Å². The molecular formula is C10H7F2NO5. The van der Waals surface area contributed by atoms with Gasteiger partial charge in [0, 0.05) is 0 Å². The molecule has 2 N–H and O–H groups in total. The highest BCUT2D eigenvalue weighted by atomic mass is 19.3. The summed E-state index contributed by atoms with van der Waals surface area (Å²) in [6, 6.07) is 4.02. The maximum absolute atomic E-state index is 12.1. The van der Waals surface area contributed by atoms with Crippen molar-refractivity contribution in [1.82, 2.24) is 4.98 Å². The van der Waals surface area contributed by atoms with Crippen LogP contribution >= 0.6 is 0 Å².